The van der Waals surface area contributed by atoms with Crippen LogP contribution in [0.25, 0.3) is 0 Å². The lowest BCUT2D eigenvalue weighted by Gasteiger charge is -2.52. The Labute approximate surface area is 232 Å². The molecule has 3 amide bonds. The second-order valence-corrected chi connectivity index (χ2v) is 12.0. The Morgan fingerprint density at radius 3 is 2.46 bits per heavy atom. The van der Waals surface area contributed by atoms with Gasteiger partial charge in [0.25, 0.3) is 0 Å². The predicted octanol–water partition coefficient (Wildman–Crippen LogP) is 3.97. The third-order valence-corrected chi connectivity index (χ3v) is 9.45. The van der Waals surface area contributed by atoms with Crippen LogP contribution in [0.4, 0.5) is 9.59 Å². The first-order chi connectivity index (χ1) is 18.9. The molecule has 0 aromatic heterocycles. The van der Waals surface area contributed by atoms with Crippen molar-refractivity contribution < 1.29 is 23.9 Å². The largest absolute Gasteiger partial charge is 0.450 e. The van der Waals surface area contributed by atoms with Gasteiger partial charge < -0.3 is 29.1 Å². The Bertz CT molecular complexity index is 1010. The van der Waals surface area contributed by atoms with E-state index in [9.17, 15) is 14.4 Å². The fourth-order valence-corrected chi connectivity index (χ4v) is 7.29. The van der Waals surface area contributed by atoms with Gasteiger partial charge in [0.2, 0.25) is 5.91 Å². The van der Waals surface area contributed by atoms with Gasteiger partial charge >= 0.3 is 12.2 Å². The molecule has 0 radical (unpaired) electrons. The summed E-state index contributed by atoms with van der Waals surface area (Å²) in [6, 6.07) is 10.5. The summed E-state index contributed by atoms with van der Waals surface area (Å²) in [5.74, 6) is 0.537. The highest BCUT2D eigenvalue weighted by Gasteiger charge is 2.51. The van der Waals surface area contributed by atoms with E-state index in [1.54, 1.807) is 7.05 Å². The van der Waals surface area contributed by atoms with E-state index in [0.717, 1.165) is 70.4 Å². The summed E-state index contributed by atoms with van der Waals surface area (Å²) < 4.78 is 10.6. The van der Waals surface area contributed by atoms with Crippen molar-refractivity contribution >= 4 is 18.1 Å². The van der Waals surface area contributed by atoms with Gasteiger partial charge in [-0.2, -0.15) is 0 Å². The smallest absolute Gasteiger partial charge is 0.410 e. The van der Waals surface area contributed by atoms with E-state index in [1.807, 2.05) is 47.1 Å². The SMILES string of the molecule is CCOC(=O)N1CCC2(CC(N3CCC(C4CCCN4C(=O)CN(C)C(=O)OCc4ccccc4)CC3)C2)C1. The summed E-state index contributed by atoms with van der Waals surface area (Å²) in [5.41, 5.74) is 1.22. The number of rotatable bonds is 7. The summed E-state index contributed by atoms with van der Waals surface area (Å²) >= 11 is 0. The van der Waals surface area contributed by atoms with Crippen molar-refractivity contribution in [3.05, 3.63) is 35.9 Å². The average molecular weight is 541 g/mol. The molecule has 9 heteroatoms. The first-order valence-electron chi connectivity index (χ1n) is 14.7. The molecule has 0 N–H and O–H groups in total. The molecule has 1 aromatic rings. The van der Waals surface area contributed by atoms with Gasteiger partial charge in [-0.15, -0.1) is 0 Å². The lowest BCUT2D eigenvalue weighted by molar-refractivity contribution is -0.134. The summed E-state index contributed by atoms with van der Waals surface area (Å²) in [4.78, 5) is 45.7. The normalized spacial score (nSPS) is 27.4. The van der Waals surface area contributed by atoms with E-state index in [2.05, 4.69) is 4.90 Å². The zero-order valence-electron chi connectivity index (χ0n) is 23.6. The zero-order chi connectivity index (χ0) is 27.4. The maximum absolute atomic E-state index is 13.2. The molecule has 1 aliphatic carbocycles. The minimum Gasteiger partial charge on any atom is -0.450 e. The molecule has 9 nitrogen and oxygen atoms in total. The third kappa shape index (κ3) is 6.34. The van der Waals surface area contributed by atoms with Gasteiger partial charge in [0.05, 0.1) is 6.61 Å². The van der Waals surface area contributed by atoms with Crippen molar-refractivity contribution in [1.29, 1.82) is 0 Å². The molecule has 1 atom stereocenters. The van der Waals surface area contributed by atoms with Crippen molar-refractivity contribution in [2.75, 3.05) is 52.9 Å². The lowest BCUT2D eigenvalue weighted by atomic mass is 9.64. The third-order valence-electron chi connectivity index (χ3n) is 9.45. The molecule has 3 aliphatic heterocycles. The van der Waals surface area contributed by atoms with Crippen LogP contribution in [0, 0.1) is 11.3 Å². The Morgan fingerprint density at radius 2 is 1.74 bits per heavy atom. The molecule has 1 saturated carbocycles. The number of carbonyl (C=O) groups excluding carboxylic acids is 3. The second kappa shape index (κ2) is 12.1. The van der Waals surface area contributed by atoms with E-state index in [-0.39, 0.29) is 36.6 Å². The minimum absolute atomic E-state index is 0.0208. The van der Waals surface area contributed by atoms with Crippen LogP contribution >= 0.6 is 0 Å². The second-order valence-electron chi connectivity index (χ2n) is 12.0. The molecule has 1 unspecified atom stereocenters. The number of carbonyl (C=O) groups is 3. The van der Waals surface area contributed by atoms with E-state index in [4.69, 9.17) is 9.47 Å². The van der Waals surface area contributed by atoms with Crippen LogP contribution in [0.15, 0.2) is 30.3 Å². The summed E-state index contributed by atoms with van der Waals surface area (Å²) in [6.07, 6.45) is 7.11. The number of likely N-dealkylation sites (N-methyl/N-ethyl adjacent to an activating group) is 1. The van der Waals surface area contributed by atoms with Crippen LogP contribution in [0.1, 0.15) is 57.4 Å². The molecule has 214 valence electrons. The van der Waals surface area contributed by atoms with Gasteiger partial charge in [0, 0.05) is 38.8 Å². The maximum atomic E-state index is 13.2. The Hall–Kier alpha value is -2.81. The van der Waals surface area contributed by atoms with E-state index < -0.39 is 6.09 Å². The van der Waals surface area contributed by atoms with Crippen LogP contribution in [0.2, 0.25) is 0 Å². The van der Waals surface area contributed by atoms with E-state index in [0.29, 0.717) is 18.6 Å². The lowest BCUT2D eigenvalue weighted by Crippen LogP contribution is -2.55. The molecule has 5 rings (SSSR count). The molecule has 39 heavy (non-hydrogen) atoms. The van der Waals surface area contributed by atoms with Crippen LogP contribution in [0.5, 0.6) is 0 Å². The first-order valence-corrected chi connectivity index (χ1v) is 14.7. The highest BCUT2D eigenvalue weighted by Crippen LogP contribution is 2.51. The Kier molecular flexibility index (Phi) is 8.64. The van der Waals surface area contributed by atoms with Gasteiger partial charge in [0.15, 0.2) is 0 Å². The molecule has 0 bridgehead atoms. The summed E-state index contributed by atoms with van der Waals surface area (Å²) in [6.45, 7) is 7.14. The van der Waals surface area contributed by atoms with Crippen LogP contribution in [-0.4, -0.2) is 103 Å². The van der Waals surface area contributed by atoms with Crippen LogP contribution < -0.4 is 0 Å². The van der Waals surface area contributed by atoms with Crippen molar-refractivity contribution in [3.63, 3.8) is 0 Å². The number of benzene rings is 1. The molecule has 3 saturated heterocycles. The zero-order valence-corrected chi connectivity index (χ0v) is 23.6. The molecular formula is C30H44N4O5. The van der Waals surface area contributed by atoms with Gasteiger partial charge in [0.1, 0.15) is 13.2 Å². The maximum Gasteiger partial charge on any atom is 0.410 e. The number of ether oxygens (including phenoxy) is 2. The molecule has 4 aliphatic rings. The fraction of sp³-hybridized carbons (Fsp3) is 0.700. The molecule has 1 aromatic carbocycles. The predicted molar refractivity (Wildman–Crippen MR) is 147 cm³/mol. The Morgan fingerprint density at radius 1 is 1.00 bits per heavy atom. The van der Waals surface area contributed by atoms with Crippen LogP contribution in [0.3, 0.4) is 0 Å². The van der Waals surface area contributed by atoms with E-state index in [1.165, 1.54) is 17.7 Å². The van der Waals surface area contributed by atoms with Crippen molar-refractivity contribution in [3.8, 4) is 0 Å². The standard InChI is InChI=1S/C30H44N4O5/c1-3-38-29(37)33-17-13-30(22-33)18-25(19-30)32-15-11-24(12-16-32)26-10-7-14-34(26)27(35)20-31(2)28(36)39-21-23-8-5-4-6-9-23/h4-6,8-9,24-26H,3,7,10-22H2,1-2H3. The summed E-state index contributed by atoms with van der Waals surface area (Å²) in [5, 5.41) is 0. The Balaban J connectivity index is 1.04. The highest BCUT2D eigenvalue weighted by atomic mass is 16.6. The number of piperidine rings is 1. The minimum atomic E-state index is -0.470. The summed E-state index contributed by atoms with van der Waals surface area (Å²) in [7, 11) is 1.64. The van der Waals surface area contributed by atoms with Gasteiger partial charge in [-0.3, -0.25) is 4.79 Å². The topological polar surface area (TPSA) is 82.6 Å². The fourth-order valence-electron chi connectivity index (χ4n) is 7.29. The monoisotopic (exact) mass is 540 g/mol. The number of hydrogen-bond donors (Lipinski definition) is 0. The van der Waals surface area contributed by atoms with Gasteiger partial charge in [-0.1, -0.05) is 30.3 Å². The quantitative estimate of drug-likeness (QED) is 0.521. The van der Waals surface area contributed by atoms with Gasteiger partial charge in [-0.25, -0.2) is 9.59 Å². The van der Waals surface area contributed by atoms with Crippen LogP contribution in [-0.2, 0) is 20.9 Å². The van der Waals surface area contributed by atoms with Crippen molar-refractivity contribution in [2.45, 2.75) is 70.6 Å². The average Bonchev–Trinajstić information content (AvgIpc) is 3.60. The van der Waals surface area contributed by atoms with Gasteiger partial charge in [-0.05, 0) is 81.9 Å². The van der Waals surface area contributed by atoms with Crippen molar-refractivity contribution in [2.24, 2.45) is 11.3 Å². The number of amides is 3. The molecule has 4 fully saturated rings. The van der Waals surface area contributed by atoms with Crippen molar-refractivity contribution in [1.82, 2.24) is 19.6 Å². The number of nitrogens with zero attached hydrogens (tertiary/aromatic N) is 4. The molecule has 3 heterocycles. The number of likely N-dealkylation sites (tertiary alicyclic amines) is 3. The number of hydrogen-bond acceptors (Lipinski definition) is 6. The van der Waals surface area contributed by atoms with E-state index >= 15 is 0 Å². The molecular weight excluding hydrogens is 496 g/mol. The first kappa shape index (κ1) is 27.7. The highest BCUT2D eigenvalue weighted by molar-refractivity contribution is 5.82. The molecule has 1 spiro atoms.